The summed E-state index contributed by atoms with van der Waals surface area (Å²) in [6.07, 6.45) is -0.751. The number of carbonyl (C=O) groups is 1. The van der Waals surface area contributed by atoms with Crippen molar-refractivity contribution in [1.29, 1.82) is 0 Å². The number of hydrogen-bond donors (Lipinski definition) is 1. The number of aromatic amines is 1. The number of nitrogens with one attached hydrogen (secondary N) is 1. The number of ether oxygens (including phenoxy) is 2. The van der Waals surface area contributed by atoms with Crippen molar-refractivity contribution >= 4 is 5.97 Å². The summed E-state index contributed by atoms with van der Waals surface area (Å²) in [6.45, 7) is 1.53. The molecule has 1 aromatic rings. The summed E-state index contributed by atoms with van der Waals surface area (Å²) in [7, 11) is 1.27. The molecule has 1 heterocycles. The largest absolute Gasteiger partial charge is 0.466 e. The predicted molar refractivity (Wildman–Crippen MR) is 47.0 cm³/mol. The number of rotatable bonds is 3. The average Bonchev–Trinajstić information content (AvgIpc) is 2.20. The van der Waals surface area contributed by atoms with E-state index < -0.39 is 12.1 Å². The van der Waals surface area contributed by atoms with E-state index in [0.717, 1.165) is 0 Å². The summed E-state index contributed by atoms with van der Waals surface area (Å²) in [5.41, 5.74) is -0.330. The Labute approximate surface area is 79.8 Å². The lowest BCUT2D eigenvalue weighted by Crippen LogP contribution is -2.25. The first-order valence-electron chi connectivity index (χ1n) is 3.93. The van der Waals surface area contributed by atoms with Gasteiger partial charge in [0.05, 0.1) is 7.11 Å². The van der Waals surface area contributed by atoms with Crippen molar-refractivity contribution in [2.24, 2.45) is 0 Å². The average molecular weight is 198 g/mol. The van der Waals surface area contributed by atoms with Gasteiger partial charge < -0.3 is 9.47 Å². The van der Waals surface area contributed by atoms with Crippen molar-refractivity contribution in [1.82, 2.24) is 10.2 Å². The van der Waals surface area contributed by atoms with Gasteiger partial charge >= 0.3 is 5.97 Å². The second-order valence-corrected chi connectivity index (χ2v) is 2.54. The summed E-state index contributed by atoms with van der Waals surface area (Å²) in [4.78, 5) is 21.6. The van der Waals surface area contributed by atoms with Crippen LogP contribution in [0.15, 0.2) is 16.9 Å². The molecule has 1 rings (SSSR count). The maximum absolute atomic E-state index is 10.9. The number of aromatic nitrogens is 2. The molecule has 76 valence electrons. The molecule has 0 aliphatic heterocycles. The lowest BCUT2D eigenvalue weighted by molar-refractivity contribution is -0.148. The van der Waals surface area contributed by atoms with Crippen LogP contribution in [0.1, 0.15) is 6.92 Å². The van der Waals surface area contributed by atoms with Gasteiger partial charge in [-0.15, -0.1) is 5.10 Å². The standard InChI is InChI=1S/C8H10N2O4/c1-5(8(12)13-2)14-7-4-3-6(11)9-10-7/h3-5H,1-2H3,(H,9,11)/t5-/m0/s1. The van der Waals surface area contributed by atoms with Crippen LogP contribution in [-0.2, 0) is 9.53 Å². The van der Waals surface area contributed by atoms with Crippen LogP contribution in [0.4, 0.5) is 0 Å². The van der Waals surface area contributed by atoms with E-state index in [1.165, 1.54) is 26.2 Å². The number of methoxy groups -OCH3 is 1. The number of carbonyl (C=O) groups excluding carboxylic acids is 1. The molecular weight excluding hydrogens is 188 g/mol. The van der Waals surface area contributed by atoms with E-state index >= 15 is 0 Å². The zero-order valence-corrected chi connectivity index (χ0v) is 7.81. The first kappa shape index (κ1) is 10.2. The summed E-state index contributed by atoms with van der Waals surface area (Å²) < 4.78 is 9.51. The van der Waals surface area contributed by atoms with Gasteiger partial charge in [0, 0.05) is 12.1 Å². The molecule has 1 atom stereocenters. The minimum atomic E-state index is -0.751. The third-order valence-electron chi connectivity index (χ3n) is 1.48. The van der Waals surface area contributed by atoms with Gasteiger partial charge in [-0.1, -0.05) is 0 Å². The Hall–Kier alpha value is -1.85. The minimum Gasteiger partial charge on any atom is -0.466 e. The molecule has 0 saturated heterocycles. The normalized spacial score (nSPS) is 11.9. The zero-order valence-electron chi connectivity index (χ0n) is 7.81. The molecule has 1 N–H and O–H groups in total. The monoisotopic (exact) mass is 198 g/mol. The van der Waals surface area contributed by atoms with Crippen molar-refractivity contribution < 1.29 is 14.3 Å². The molecule has 6 heteroatoms. The summed E-state index contributed by atoms with van der Waals surface area (Å²) in [5, 5.41) is 5.75. The molecule has 0 spiro atoms. The van der Waals surface area contributed by atoms with E-state index in [1.54, 1.807) is 0 Å². The lowest BCUT2D eigenvalue weighted by atomic mass is 10.4. The molecule has 14 heavy (non-hydrogen) atoms. The van der Waals surface area contributed by atoms with Crippen LogP contribution in [0, 0.1) is 0 Å². The zero-order chi connectivity index (χ0) is 10.6. The van der Waals surface area contributed by atoms with Gasteiger partial charge in [0.25, 0.3) is 5.56 Å². The number of esters is 1. The van der Waals surface area contributed by atoms with Crippen LogP contribution < -0.4 is 10.3 Å². The number of hydrogen-bond acceptors (Lipinski definition) is 5. The maximum atomic E-state index is 10.9. The molecule has 0 radical (unpaired) electrons. The summed E-state index contributed by atoms with van der Waals surface area (Å²) in [5.74, 6) is -0.333. The highest BCUT2D eigenvalue weighted by Crippen LogP contribution is 2.04. The smallest absolute Gasteiger partial charge is 0.346 e. The fourth-order valence-electron chi connectivity index (χ4n) is 0.793. The van der Waals surface area contributed by atoms with Crippen LogP contribution in [0.25, 0.3) is 0 Å². The van der Waals surface area contributed by atoms with E-state index in [0.29, 0.717) is 0 Å². The Morgan fingerprint density at radius 1 is 1.57 bits per heavy atom. The van der Waals surface area contributed by atoms with Crippen molar-refractivity contribution in [2.45, 2.75) is 13.0 Å². The Bertz CT molecular complexity index is 353. The van der Waals surface area contributed by atoms with Gasteiger partial charge in [-0.25, -0.2) is 9.89 Å². The Morgan fingerprint density at radius 3 is 2.79 bits per heavy atom. The van der Waals surface area contributed by atoms with Crippen LogP contribution in [-0.4, -0.2) is 29.4 Å². The molecule has 0 unspecified atom stereocenters. The van der Waals surface area contributed by atoms with E-state index in [-0.39, 0.29) is 11.4 Å². The van der Waals surface area contributed by atoms with Crippen molar-refractivity contribution in [3.05, 3.63) is 22.5 Å². The summed E-state index contributed by atoms with van der Waals surface area (Å²) >= 11 is 0. The first-order valence-corrected chi connectivity index (χ1v) is 3.93. The fraction of sp³-hybridized carbons (Fsp3) is 0.375. The Morgan fingerprint density at radius 2 is 2.29 bits per heavy atom. The van der Waals surface area contributed by atoms with Gasteiger partial charge in [-0.2, -0.15) is 0 Å². The molecular formula is C8H10N2O4. The van der Waals surface area contributed by atoms with Crippen molar-refractivity contribution in [2.75, 3.05) is 7.11 Å². The first-order chi connectivity index (χ1) is 6.63. The van der Waals surface area contributed by atoms with Gasteiger partial charge in [0.2, 0.25) is 5.88 Å². The molecule has 0 saturated carbocycles. The SMILES string of the molecule is COC(=O)[C@H](C)Oc1ccc(=O)[nH]n1. The Balaban J connectivity index is 2.65. The van der Waals surface area contributed by atoms with Crippen LogP contribution in [0.5, 0.6) is 5.88 Å². The highest BCUT2D eigenvalue weighted by molar-refractivity contribution is 5.74. The minimum absolute atomic E-state index is 0.169. The maximum Gasteiger partial charge on any atom is 0.346 e. The van der Waals surface area contributed by atoms with Crippen LogP contribution in [0.3, 0.4) is 0 Å². The highest BCUT2D eigenvalue weighted by Gasteiger charge is 2.14. The van der Waals surface area contributed by atoms with Gasteiger partial charge in [-0.3, -0.25) is 4.79 Å². The molecule has 1 aromatic heterocycles. The molecule has 0 fully saturated rings. The topological polar surface area (TPSA) is 81.3 Å². The van der Waals surface area contributed by atoms with E-state index in [9.17, 15) is 9.59 Å². The third-order valence-corrected chi connectivity index (χ3v) is 1.48. The van der Waals surface area contributed by atoms with E-state index in [2.05, 4.69) is 14.9 Å². The molecule has 0 bridgehead atoms. The molecule has 0 aliphatic rings. The lowest BCUT2D eigenvalue weighted by Gasteiger charge is -2.10. The summed E-state index contributed by atoms with van der Waals surface area (Å²) in [6, 6.07) is 2.63. The molecule has 0 aromatic carbocycles. The number of H-pyrrole nitrogens is 1. The molecule has 6 nitrogen and oxygen atoms in total. The highest BCUT2D eigenvalue weighted by atomic mass is 16.6. The second-order valence-electron chi connectivity index (χ2n) is 2.54. The van der Waals surface area contributed by atoms with E-state index in [4.69, 9.17) is 4.74 Å². The van der Waals surface area contributed by atoms with Crippen LogP contribution >= 0.6 is 0 Å². The molecule has 0 aliphatic carbocycles. The van der Waals surface area contributed by atoms with Crippen molar-refractivity contribution in [3.8, 4) is 5.88 Å². The fourth-order valence-corrected chi connectivity index (χ4v) is 0.793. The third kappa shape index (κ3) is 2.58. The molecule has 0 amide bonds. The number of nitrogens with zero attached hydrogens (tertiary/aromatic N) is 1. The second kappa shape index (κ2) is 4.40. The van der Waals surface area contributed by atoms with Crippen molar-refractivity contribution in [3.63, 3.8) is 0 Å². The predicted octanol–water partition coefficient (Wildman–Crippen LogP) is -0.290. The van der Waals surface area contributed by atoms with Crippen LogP contribution in [0.2, 0.25) is 0 Å². The van der Waals surface area contributed by atoms with Gasteiger partial charge in [0.1, 0.15) is 0 Å². The Kier molecular flexibility index (Phi) is 3.22. The van der Waals surface area contributed by atoms with Gasteiger partial charge in [0.15, 0.2) is 6.10 Å². The quantitative estimate of drug-likeness (QED) is 0.675. The van der Waals surface area contributed by atoms with Gasteiger partial charge in [-0.05, 0) is 6.92 Å². The van der Waals surface area contributed by atoms with E-state index in [1.807, 2.05) is 0 Å².